The van der Waals surface area contributed by atoms with Crippen LogP contribution < -0.4 is 0 Å². The summed E-state index contributed by atoms with van der Waals surface area (Å²) in [6.45, 7) is 2.03. The summed E-state index contributed by atoms with van der Waals surface area (Å²) in [5.74, 6) is 0. The fourth-order valence-electron chi connectivity index (χ4n) is 2.09. The minimum Gasteiger partial charge on any atom is -0.387 e. The quantitative estimate of drug-likeness (QED) is 0.716. The Morgan fingerprint density at radius 1 is 1.37 bits per heavy atom. The Hall–Kier alpha value is -0.380. The maximum atomic E-state index is 13.9. The SMILES string of the molecule is CC1=N[C@@H]2[C@H](F)[C@H](O)[C@@H]([C@@](C)(O)C(F)(F)F)O[C@@H]2S1. The number of aliphatic hydroxyl groups excluding tert-OH is 1. The lowest BCUT2D eigenvalue weighted by Crippen LogP contribution is -2.65. The van der Waals surface area contributed by atoms with Crippen molar-refractivity contribution < 1.29 is 32.5 Å². The van der Waals surface area contributed by atoms with E-state index in [0.717, 1.165) is 11.8 Å². The normalized spacial score (nSPS) is 42.5. The summed E-state index contributed by atoms with van der Waals surface area (Å²) in [6.07, 6.45) is -11.2. The van der Waals surface area contributed by atoms with Gasteiger partial charge in [-0.05, 0) is 13.8 Å². The van der Waals surface area contributed by atoms with Gasteiger partial charge in [0.2, 0.25) is 0 Å². The highest BCUT2D eigenvalue weighted by molar-refractivity contribution is 8.14. The van der Waals surface area contributed by atoms with E-state index in [-0.39, 0.29) is 0 Å². The molecule has 0 aliphatic carbocycles. The standard InChI is InChI=1S/C10H13F4NO3S/c1-3-15-5-4(11)6(16)7(18-8(5)19-3)9(2,17)10(12,13)14/h4-8,16-17H,1-2H3/t4-,5+,6-,7-,8+,9+/m0/s1. The van der Waals surface area contributed by atoms with E-state index in [1.165, 1.54) is 0 Å². The van der Waals surface area contributed by atoms with Crippen LogP contribution in [0, 0.1) is 0 Å². The number of fused-ring (bicyclic) bond motifs is 1. The lowest BCUT2D eigenvalue weighted by molar-refractivity contribution is -0.314. The first-order valence-electron chi connectivity index (χ1n) is 5.53. The second-order valence-electron chi connectivity index (χ2n) is 4.76. The van der Waals surface area contributed by atoms with Gasteiger partial charge in [-0.15, -0.1) is 0 Å². The van der Waals surface area contributed by atoms with Crippen molar-refractivity contribution in [3.05, 3.63) is 0 Å². The van der Waals surface area contributed by atoms with Gasteiger partial charge in [0.25, 0.3) is 0 Å². The molecule has 2 aliphatic heterocycles. The van der Waals surface area contributed by atoms with Crippen molar-refractivity contribution in [2.24, 2.45) is 4.99 Å². The molecule has 0 aromatic heterocycles. The minimum absolute atomic E-state index is 0.460. The zero-order chi connectivity index (χ0) is 14.6. The van der Waals surface area contributed by atoms with Crippen LogP contribution in [0.4, 0.5) is 17.6 Å². The van der Waals surface area contributed by atoms with Gasteiger partial charge in [0, 0.05) is 0 Å². The Balaban J connectivity index is 2.26. The van der Waals surface area contributed by atoms with Crippen molar-refractivity contribution in [1.29, 1.82) is 0 Å². The number of aliphatic hydroxyl groups is 2. The fraction of sp³-hybridized carbons (Fsp3) is 0.900. The Morgan fingerprint density at radius 3 is 2.47 bits per heavy atom. The average molecular weight is 303 g/mol. The molecule has 4 nitrogen and oxygen atoms in total. The molecule has 9 heteroatoms. The highest BCUT2D eigenvalue weighted by atomic mass is 32.2. The number of ether oxygens (including phenoxy) is 1. The third-order valence-electron chi connectivity index (χ3n) is 3.27. The number of rotatable bonds is 1. The monoisotopic (exact) mass is 303 g/mol. The van der Waals surface area contributed by atoms with E-state index in [1.807, 2.05) is 0 Å². The van der Waals surface area contributed by atoms with Gasteiger partial charge in [0.1, 0.15) is 23.7 Å². The number of hydrogen-bond acceptors (Lipinski definition) is 5. The van der Waals surface area contributed by atoms with Crippen LogP contribution in [0.15, 0.2) is 4.99 Å². The summed E-state index contributed by atoms with van der Waals surface area (Å²) in [4.78, 5) is 3.88. The van der Waals surface area contributed by atoms with E-state index >= 15 is 0 Å². The number of aliphatic imine (C=N–C) groups is 1. The largest absolute Gasteiger partial charge is 0.419 e. The molecule has 0 spiro atoms. The zero-order valence-electron chi connectivity index (χ0n) is 10.1. The van der Waals surface area contributed by atoms with E-state index in [1.54, 1.807) is 6.92 Å². The van der Waals surface area contributed by atoms with Crippen LogP contribution in [0.1, 0.15) is 13.8 Å². The van der Waals surface area contributed by atoms with Gasteiger partial charge in [-0.1, -0.05) is 11.8 Å². The predicted molar refractivity (Wildman–Crippen MR) is 60.7 cm³/mol. The molecule has 2 rings (SSSR count). The molecule has 0 aromatic carbocycles. The molecule has 0 amide bonds. The molecule has 1 saturated heterocycles. The molecule has 19 heavy (non-hydrogen) atoms. The van der Waals surface area contributed by atoms with Crippen LogP contribution in [-0.2, 0) is 4.74 Å². The van der Waals surface area contributed by atoms with Crippen LogP contribution in [0.5, 0.6) is 0 Å². The predicted octanol–water partition coefficient (Wildman–Crippen LogP) is 1.26. The van der Waals surface area contributed by atoms with Gasteiger partial charge in [-0.3, -0.25) is 4.99 Å². The third kappa shape index (κ3) is 2.37. The van der Waals surface area contributed by atoms with Gasteiger partial charge in [0.05, 0.1) is 5.04 Å². The first-order valence-corrected chi connectivity index (χ1v) is 6.41. The Labute approximate surface area is 110 Å². The molecule has 0 saturated carbocycles. The Bertz CT molecular complexity index is 401. The van der Waals surface area contributed by atoms with Crippen molar-refractivity contribution in [3.63, 3.8) is 0 Å². The fourth-order valence-corrected chi connectivity index (χ4v) is 3.13. The van der Waals surface area contributed by atoms with Crippen LogP contribution >= 0.6 is 11.8 Å². The van der Waals surface area contributed by atoms with Crippen molar-refractivity contribution in [1.82, 2.24) is 0 Å². The molecule has 6 atom stereocenters. The number of hydrogen-bond donors (Lipinski definition) is 2. The lowest BCUT2D eigenvalue weighted by atomic mass is 9.87. The second-order valence-corrected chi connectivity index (χ2v) is 6.05. The van der Waals surface area contributed by atoms with Crippen molar-refractivity contribution in [2.45, 2.75) is 55.5 Å². The molecular formula is C10H13F4NO3S. The Morgan fingerprint density at radius 2 is 1.95 bits per heavy atom. The molecule has 0 radical (unpaired) electrons. The summed E-state index contributed by atoms with van der Waals surface area (Å²) in [6, 6.07) is -1.04. The molecule has 1 fully saturated rings. The molecule has 0 bridgehead atoms. The smallest absolute Gasteiger partial charge is 0.387 e. The highest BCUT2D eigenvalue weighted by Crippen LogP contribution is 2.44. The summed E-state index contributed by atoms with van der Waals surface area (Å²) in [5, 5.41) is 19.6. The molecule has 110 valence electrons. The maximum absolute atomic E-state index is 13.9. The van der Waals surface area contributed by atoms with E-state index in [0.29, 0.717) is 12.0 Å². The number of halogens is 4. The van der Waals surface area contributed by atoms with Crippen LogP contribution in [-0.4, -0.2) is 56.9 Å². The number of nitrogens with zero attached hydrogens (tertiary/aromatic N) is 1. The van der Waals surface area contributed by atoms with E-state index in [2.05, 4.69) is 4.99 Å². The van der Waals surface area contributed by atoms with Crippen LogP contribution in [0.2, 0.25) is 0 Å². The van der Waals surface area contributed by atoms with E-state index in [4.69, 9.17) is 4.74 Å². The molecule has 2 heterocycles. The summed E-state index contributed by atoms with van der Waals surface area (Å²) >= 11 is 0.984. The first-order chi connectivity index (χ1) is 8.55. The number of alkyl halides is 4. The van der Waals surface area contributed by atoms with Crippen molar-refractivity contribution in [3.8, 4) is 0 Å². The topological polar surface area (TPSA) is 62.1 Å². The molecule has 0 unspecified atom stereocenters. The van der Waals surface area contributed by atoms with Crippen LogP contribution in [0.3, 0.4) is 0 Å². The molecule has 2 N–H and O–H groups in total. The third-order valence-corrected chi connectivity index (χ3v) is 4.34. The zero-order valence-corrected chi connectivity index (χ0v) is 10.9. The number of thioether (sulfide) groups is 1. The average Bonchev–Trinajstić information content (AvgIpc) is 2.63. The first kappa shape index (κ1) is 15.0. The van der Waals surface area contributed by atoms with Crippen molar-refractivity contribution >= 4 is 16.8 Å². The second kappa shape index (κ2) is 4.57. The van der Waals surface area contributed by atoms with Gasteiger partial charge >= 0.3 is 6.18 Å². The Kier molecular flexibility index (Phi) is 3.62. The van der Waals surface area contributed by atoms with Crippen LogP contribution in [0.25, 0.3) is 0 Å². The maximum Gasteiger partial charge on any atom is 0.419 e. The van der Waals surface area contributed by atoms with Crippen molar-refractivity contribution in [2.75, 3.05) is 0 Å². The van der Waals surface area contributed by atoms with Gasteiger partial charge in [0.15, 0.2) is 11.8 Å². The van der Waals surface area contributed by atoms with E-state index < -0.39 is 41.6 Å². The lowest BCUT2D eigenvalue weighted by Gasteiger charge is -2.44. The highest BCUT2D eigenvalue weighted by Gasteiger charge is 2.63. The van der Waals surface area contributed by atoms with E-state index in [9.17, 15) is 27.8 Å². The molecule has 2 aliphatic rings. The summed E-state index contributed by atoms with van der Waals surface area (Å²) < 4.78 is 57.2. The molecular weight excluding hydrogens is 290 g/mol. The van der Waals surface area contributed by atoms with Gasteiger partial charge < -0.3 is 14.9 Å². The molecule has 0 aromatic rings. The van der Waals surface area contributed by atoms with Gasteiger partial charge in [-0.2, -0.15) is 13.2 Å². The summed E-state index contributed by atoms with van der Waals surface area (Å²) in [5.41, 5.74) is -4.30. The minimum atomic E-state index is -5.04. The summed E-state index contributed by atoms with van der Waals surface area (Å²) in [7, 11) is 0. The van der Waals surface area contributed by atoms with Gasteiger partial charge in [-0.25, -0.2) is 4.39 Å².